The first-order valence-electron chi connectivity index (χ1n) is 5.32. The lowest BCUT2D eigenvalue weighted by molar-refractivity contribution is 0.902. The van der Waals surface area contributed by atoms with Crippen molar-refractivity contribution in [3.63, 3.8) is 0 Å². The van der Waals surface area contributed by atoms with Gasteiger partial charge in [-0.05, 0) is 48.9 Å². The van der Waals surface area contributed by atoms with E-state index in [9.17, 15) is 0 Å². The molecule has 15 heavy (non-hydrogen) atoms. The zero-order valence-corrected chi connectivity index (χ0v) is 11.2. The van der Waals surface area contributed by atoms with Gasteiger partial charge in [-0.15, -0.1) is 0 Å². The average Bonchev–Trinajstić information content (AvgIpc) is 2.36. The fraction of sp³-hybridized carbons (Fsp3) is 0.385. The van der Waals surface area contributed by atoms with E-state index in [4.69, 9.17) is 0 Å². The van der Waals surface area contributed by atoms with Crippen LogP contribution in [0.5, 0.6) is 0 Å². The molecule has 0 saturated carbocycles. The molecule has 0 aromatic heterocycles. The van der Waals surface area contributed by atoms with Crippen molar-refractivity contribution in [2.75, 3.05) is 0 Å². The summed E-state index contributed by atoms with van der Waals surface area (Å²) < 4.78 is 1.23. The third-order valence-corrected chi connectivity index (χ3v) is 2.87. The Balaban J connectivity index is 2.77. The number of hydrogen-bond acceptors (Lipinski definition) is 1. The van der Waals surface area contributed by atoms with Crippen molar-refractivity contribution in [1.82, 2.24) is 5.32 Å². The Morgan fingerprint density at radius 1 is 1.53 bits per heavy atom. The highest BCUT2D eigenvalue weighted by atomic mass is 79.9. The summed E-state index contributed by atoms with van der Waals surface area (Å²) in [5.41, 5.74) is 3.72. The zero-order chi connectivity index (χ0) is 11.3. The summed E-state index contributed by atoms with van der Waals surface area (Å²) in [6.45, 7) is 6.33. The Bertz CT molecular complexity index is 346. The quantitative estimate of drug-likeness (QED) is 0.799. The largest absolute Gasteiger partial charge is 0.359 e. The minimum Gasteiger partial charge on any atom is -0.359 e. The van der Waals surface area contributed by atoms with Gasteiger partial charge in [-0.25, -0.2) is 0 Å². The third kappa shape index (κ3) is 4.08. The van der Waals surface area contributed by atoms with Crippen LogP contribution in [-0.2, 0) is 0 Å². The first-order valence-corrected chi connectivity index (χ1v) is 6.11. The van der Waals surface area contributed by atoms with Crippen molar-refractivity contribution in [3.8, 4) is 0 Å². The van der Waals surface area contributed by atoms with E-state index < -0.39 is 0 Å². The summed E-state index contributed by atoms with van der Waals surface area (Å²) >= 11 is 3.54. The Kier molecular flexibility index (Phi) is 4.89. The second-order valence-corrected chi connectivity index (χ2v) is 4.65. The number of allylic oxidation sites excluding steroid dienone is 7. The maximum atomic E-state index is 3.54. The topological polar surface area (TPSA) is 12.0 Å². The third-order valence-electron chi connectivity index (χ3n) is 2.32. The van der Waals surface area contributed by atoms with Crippen LogP contribution >= 0.6 is 15.9 Å². The van der Waals surface area contributed by atoms with Crippen molar-refractivity contribution >= 4 is 15.9 Å². The fourth-order valence-electron chi connectivity index (χ4n) is 1.50. The zero-order valence-electron chi connectivity index (χ0n) is 9.60. The molecule has 0 aromatic rings. The molecule has 2 heteroatoms. The standard InChI is InChI=1S/C13H18BrN/c1-4-12(5-2)15-13-7-6-11(14)8-10(3)9-13/h4,7-9,15H,5-6H2,1-3H3/b12-4-. The predicted octanol–water partition coefficient (Wildman–Crippen LogP) is 4.40. The Morgan fingerprint density at radius 3 is 2.87 bits per heavy atom. The summed E-state index contributed by atoms with van der Waals surface area (Å²) in [5, 5.41) is 3.44. The molecule has 1 N–H and O–H groups in total. The normalized spacial score (nSPS) is 17.6. The van der Waals surface area contributed by atoms with Crippen molar-refractivity contribution in [2.45, 2.75) is 33.6 Å². The van der Waals surface area contributed by atoms with Gasteiger partial charge in [0.2, 0.25) is 0 Å². The molecule has 0 amide bonds. The first-order chi connectivity index (χ1) is 7.15. The molecule has 1 aliphatic rings. The molecule has 0 aliphatic heterocycles. The molecule has 1 nitrogen and oxygen atoms in total. The minimum absolute atomic E-state index is 0.955. The van der Waals surface area contributed by atoms with Crippen LogP contribution in [0.1, 0.15) is 33.6 Å². The molecule has 0 saturated heterocycles. The number of hydrogen-bond donors (Lipinski definition) is 1. The molecule has 0 unspecified atom stereocenters. The van der Waals surface area contributed by atoms with E-state index in [1.165, 1.54) is 21.4 Å². The van der Waals surface area contributed by atoms with Crippen LogP contribution in [0.15, 0.2) is 45.8 Å². The Labute approximate surface area is 101 Å². The van der Waals surface area contributed by atoms with E-state index >= 15 is 0 Å². The van der Waals surface area contributed by atoms with Crippen LogP contribution in [0.4, 0.5) is 0 Å². The van der Waals surface area contributed by atoms with E-state index in [-0.39, 0.29) is 0 Å². The van der Waals surface area contributed by atoms with E-state index in [1.54, 1.807) is 0 Å². The van der Waals surface area contributed by atoms with Gasteiger partial charge in [0.15, 0.2) is 0 Å². The average molecular weight is 268 g/mol. The van der Waals surface area contributed by atoms with Crippen LogP contribution in [0.3, 0.4) is 0 Å². The lowest BCUT2D eigenvalue weighted by Gasteiger charge is -2.09. The van der Waals surface area contributed by atoms with Gasteiger partial charge < -0.3 is 5.32 Å². The monoisotopic (exact) mass is 267 g/mol. The fourth-order valence-corrected chi connectivity index (χ4v) is 2.02. The molecular formula is C13H18BrN. The molecule has 0 bridgehead atoms. The number of halogens is 1. The van der Waals surface area contributed by atoms with Gasteiger partial charge in [0.25, 0.3) is 0 Å². The van der Waals surface area contributed by atoms with Crippen molar-refractivity contribution in [2.24, 2.45) is 0 Å². The smallest absolute Gasteiger partial charge is 0.0347 e. The molecule has 0 atom stereocenters. The van der Waals surface area contributed by atoms with E-state index in [2.05, 4.69) is 66.3 Å². The summed E-state index contributed by atoms with van der Waals surface area (Å²) in [6, 6.07) is 0. The molecule has 0 fully saturated rings. The van der Waals surface area contributed by atoms with Crippen LogP contribution in [-0.4, -0.2) is 0 Å². The highest BCUT2D eigenvalue weighted by molar-refractivity contribution is 9.11. The van der Waals surface area contributed by atoms with Crippen LogP contribution in [0.25, 0.3) is 0 Å². The predicted molar refractivity (Wildman–Crippen MR) is 70.7 cm³/mol. The molecule has 1 aliphatic carbocycles. The second-order valence-electron chi connectivity index (χ2n) is 3.64. The Morgan fingerprint density at radius 2 is 2.27 bits per heavy atom. The number of rotatable bonds is 3. The van der Waals surface area contributed by atoms with Crippen LogP contribution in [0.2, 0.25) is 0 Å². The summed E-state index contributed by atoms with van der Waals surface area (Å²) in [6.07, 6.45) is 10.7. The van der Waals surface area contributed by atoms with Crippen LogP contribution < -0.4 is 5.32 Å². The molecule has 0 heterocycles. The van der Waals surface area contributed by atoms with E-state index in [0.717, 1.165) is 12.8 Å². The van der Waals surface area contributed by atoms with Gasteiger partial charge in [-0.3, -0.25) is 0 Å². The van der Waals surface area contributed by atoms with Crippen LogP contribution in [0, 0.1) is 0 Å². The van der Waals surface area contributed by atoms with Gasteiger partial charge in [0.05, 0.1) is 0 Å². The lowest BCUT2D eigenvalue weighted by Crippen LogP contribution is -2.10. The van der Waals surface area contributed by atoms with Gasteiger partial charge in [-0.2, -0.15) is 0 Å². The molecule has 0 aromatic carbocycles. The molecule has 1 rings (SSSR count). The van der Waals surface area contributed by atoms with Gasteiger partial charge in [0.1, 0.15) is 0 Å². The van der Waals surface area contributed by atoms with Crippen molar-refractivity contribution in [1.29, 1.82) is 0 Å². The lowest BCUT2D eigenvalue weighted by atomic mass is 10.2. The summed E-state index contributed by atoms with van der Waals surface area (Å²) in [5.74, 6) is 0. The number of nitrogens with one attached hydrogen (secondary N) is 1. The van der Waals surface area contributed by atoms with Crippen molar-refractivity contribution < 1.29 is 0 Å². The minimum atomic E-state index is 0.955. The summed E-state index contributed by atoms with van der Waals surface area (Å²) in [7, 11) is 0. The Hall–Kier alpha value is -0.760. The van der Waals surface area contributed by atoms with Gasteiger partial charge in [0, 0.05) is 11.4 Å². The second kappa shape index (κ2) is 5.96. The molecular weight excluding hydrogens is 250 g/mol. The molecule has 0 spiro atoms. The van der Waals surface area contributed by atoms with Gasteiger partial charge >= 0.3 is 0 Å². The van der Waals surface area contributed by atoms with E-state index in [1.807, 2.05) is 0 Å². The van der Waals surface area contributed by atoms with Gasteiger partial charge in [-0.1, -0.05) is 35.0 Å². The molecule has 0 radical (unpaired) electrons. The first kappa shape index (κ1) is 12.3. The summed E-state index contributed by atoms with van der Waals surface area (Å²) in [4.78, 5) is 0. The van der Waals surface area contributed by atoms with E-state index in [0.29, 0.717) is 0 Å². The molecule has 82 valence electrons. The maximum absolute atomic E-state index is 3.54. The SMILES string of the molecule is C/C=C(/CC)NC1=CCC(Br)=CC(C)=C1. The van der Waals surface area contributed by atoms with Crippen molar-refractivity contribution in [3.05, 3.63) is 45.8 Å². The highest BCUT2D eigenvalue weighted by Crippen LogP contribution is 2.20. The maximum Gasteiger partial charge on any atom is 0.0347 e. The highest BCUT2D eigenvalue weighted by Gasteiger charge is 2.01.